The molecule has 1 aliphatic rings. The summed E-state index contributed by atoms with van der Waals surface area (Å²) in [5, 5.41) is 4.80. The van der Waals surface area contributed by atoms with Gasteiger partial charge in [-0.25, -0.2) is 0 Å². The fourth-order valence-corrected chi connectivity index (χ4v) is 1.72. The van der Waals surface area contributed by atoms with Crippen LogP contribution in [0.25, 0.3) is 0 Å². The SMILES string of the molecule is CC(NCCC1CCC1)C(=O)NCC(F)(F)F. The number of halogens is 3. The molecule has 1 rings (SSSR count). The van der Waals surface area contributed by atoms with Crippen LogP contribution in [0.1, 0.15) is 32.6 Å². The zero-order chi connectivity index (χ0) is 12.9. The van der Waals surface area contributed by atoms with E-state index in [9.17, 15) is 18.0 Å². The zero-order valence-corrected chi connectivity index (χ0v) is 9.94. The summed E-state index contributed by atoms with van der Waals surface area (Å²) in [5.41, 5.74) is 0. The van der Waals surface area contributed by atoms with Gasteiger partial charge < -0.3 is 10.6 Å². The molecule has 1 saturated carbocycles. The van der Waals surface area contributed by atoms with Crippen LogP contribution >= 0.6 is 0 Å². The van der Waals surface area contributed by atoms with Crippen LogP contribution in [0, 0.1) is 5.92 Å². The van der Waals surface area contributed by atoms with Gasteiger partial charge in [-0.15, -0.1) is 0 Å². The summed E-state index contributed by atoms with van der Waals surface area (Å²) in [6.45, 7) is 0.998. The fourth-order valence-electron chi connectivity index (χ4n) is 1.72. The van der Waals surface area contributed by atoms with Gasteiger partial charge in [-0.2, -0.15) is 13.2 Å². The van der Waals surface area contributed by atoms with Crippen molar-refractivity contribution in [2.75, 3.05) is 13.1 Å². The standard InChI is InChI=1S/C11H19F3N2O/c1-8(10(17)16-7-11(12,13)14)15-6-5-9-3-2-4-9/h8-9,15H,2-7H2,1H3,(H,16,17). The zero-order valence-electron chi connectivity index (χ0n) is 9.94. The molecule has 0 aliphatic heterocycles. The highest BCUT2D eigenvalue weighted by Crippen LogP contribution is 2.28. The van der Waals surface area contributed by atoms with Crippen molar-refractivity contribution in [1.82, 2.24) is 10.6 Å². The van der Waals surface area contributed by atoms with Gasteiger partial charge in [-0.1, -0.05) is 19.3 Å². The first kappa shape index (κ1) is 14.3. The molecule has 0 bridgehead atoms. The third-order valence-corrected chi connectivity index (χ3v) is 3.08. The largest absolute Gasteiger partial charge is 0.405 e. The van der Waals surface area contributed by atoms with Gasteiger partial charge in [-0.3, -0.25) is 4.79 Å². The highest BCUT2D eigenvalue weighted by Gasteiger charge is 2.28. The van der Waals surface area contributed by atoms with Gasteiger partial charge in [0.25, 0.3) is 0 Å². The van der Waals surface area contributed by atoms with E-state index >= 15 is 0 Å². The van der Waals surface area contributed by atoms with E-state index in [4.69, 9.17) is 0 Å². The number of rotatable bonds is 6. The topological polar surface area (TPSA) is 41.1 Å². The van der Waals surface area contributed by atoms with E-state index in [0.29, 0.717) is 6.54 Å². The van der Waals surface area contributed by atoms with Crippen molar-refractivity contribution < 1.29 is 18.0 Å². The van der Waals surface area contributed by atoms with E-state index in [2.05, 4.69) is 5.32 Å². The minimum atomic E-state index is -4.35. The number of hydrogen-bond donors (Lipinski definition) is 2. The van der Waals surface area contributed by atoms with Crippen LogP contribution in [0.4, 0.5) is 13.2 Å². The molecule has 1 amide bonds. The van der Waals surface area contributed by atoms with Crippen molar-refractivity contribution >= 4 is 5.91 Å². The second-order valence-electron chi connectivity index (χ2n) is 4.59. The summed E-state index contributed by atoms with van der Waals surface area (Å²) in [5.74, 6) is 0.129. The Morgan fingerprint density at radius 2 is 2.06 bits per heavy atom. The highest BCUT2D eigenvalue weighted by molar-refractivity contribution is 5.81. The molecule has 0 aromatic rings. The molecule has 1 unspecified atom stereocenters. The summed E-state index contributed by atoms with van der Waals surface area (Å²) in [7, 11) is 0. The van der Waals surface area contributed by atoms with Crippen molar-refractivity contribution in [2.45, 2.75) is 44.8 Å². The lowest BCUT2D eigenvalue weighted by molar-refractivity contribution is -0.139. The van der Waals surface area contributed by atoms with Gasteiger partial charge >= 0.3 is 6.18 Å². The van der Waals surface area contributed by atoms with Gasteiger partial charge in [0.05, 0.1) is 6.04 Å². The molecule has 3 nitrogen and oxygen atoms in total. The summed E-state index contributed by atoms with van der Waals surface area (Å²) in [6.07, 6.45) is 0.386. The van der Waals surface area contributed by atoms with Crippen LogP contribution in [0.2, 0.25) is 0 Å². The quantitative estimate of drug-likeness (QED) is 0.757. The lowest BCUT2D eigenvalue weighted by Gasteiger charge is -2.25. The number of amides is 1. The van der Waals surface area contributed by atoms with Gasteiger partial charge in [0.15, 0.2) is 0 Å². The van der Waals surface area contributed by atoms with E-state index < -0.39 is 24.7 Å². The van der Waals surface area contributed by atoms with Crippen LogP contribution in [-0.4, -0.2) is 31.2 Å². The highest BCUT2D eigenvalue weighted by atomic mass is 19.4. The van der Waals surface area contributed by atoms with E-state index in [-0.39, 0.29) is 0 Å². The van der Waals surface area contributed by atoms with Crippen molar-refractivity contribution in [1.29, 1.82) is 0 Å². The van der Waals surface area contributed by atoms with E-state index in [1.165, 1.54) is 19.3 Å². The molecule has 0 spiro atoms. The van der Waals surface area contributed by atoms with Gasteiger partial charge in [-0.05, 0) is 25.8 Å². The molecule has 0 aromatic heterocycles. The Balaban J connectivity index is 2.08. The molecule has 6 heteroatoms. The third-order valence-electron chi connectivity index (χ3n) is 3.08. The van der Waals surface area contributed by atoms with Crippen molar-refractivity contribution in [3.63, 3.8) is 0 Å². The van der Waals surface area contributed by atoms with E-state index in [1.54, 1.807) is 6.92 Å². The molecule has 2 N–H and O–H groups in total. The van der Waals surface area contributed by atoms with Gasteiger partial charge in [0.2, 0.25) is 5.91 Å². The van der Waals surface area contributed by atoms with E-state index in [1.807, 2.05) is 5.32 Å². The molecule has 0 heterocycles. The lowest BCUT2D eigenvalue weighted by atomic mass is 9.83. The third kappa shape index (κ3) is 5.91. The second-order valence-corrected chi connectivity index (χ2v) is 4.59. The first-order valence-corrected chi connectivity index (χ1v) is 5.96. The Labute approximate surface area is 99.1 Å². The molecule has 1 aliphatic carbocycles. The summed E-state index contributed by atoms with van der Waals surface area (Å²) in [6, 6.07) is -0.572. The Morgan fingerprint density at radius 3 is 2.53 bits per heavy atom. The Bertz CT molecular complexity index is 252. The molecular formula is C11H19F3N2O. The second kappa shape index (κ2) is 6.23. The number of hydrogen-bond acceptors (Lipinski definition) is 2. The monoisotopic (exact) mass is 252 g/mol. The Kier molecular flexibility index (Phi) is 5.24. The number of nitrogens with one attached hydrogen (secondary N) is 2. The molecule has 100 valence electrons. The van der Waals surface area contributed by atoms with Crippen LogP contribution in [0.3, 0.4) is 0 Å². The maximum atomic E-state index is 11.9. The predicted molar refractivity (Wildman–Crippen MR) is 58.5 cm³/mol. The minimum absolute atomic E-state index is 0.572. The molecule has 0 saturated heterocycles. The Morgan fingerprint density at radius 1 is 1.41 bits per heavy atom. The predicted octanol–water partition coefficient (Wildman–Crippen LogP) is 1.83. The average Bonchev–Trinajstić information content (AvgIpc) is 2.16. The molecule has 0 radical (unpaired) electrons. The normalized spacial score (nSPS) is 18.6. The number of carbonyl (C=O) groups excluding carboxylic acids is 1. The summed E-state index contributed by atoms with van der Waals surface area (Å²) < 4.78 is 35.6. The van der Waals surface area contributed by atoms with Crippen LogP contribution in [0.15, 0.2) is 0 Å². The van der Waals surface area contributed by atoms with Crippen molar-refractivity contribution in [2.24, 2.45) is 5.92 Å². The fraction of sp³-hybridized carbons (Fsp3) is 0.909. The maximum Gasteiger partial charge on any atom is 0.405 e. The summed E-state index contributed by atoms with van der Waals surface area (Å²) in [4.78, 5) is 11.3. The first-order valence-electron chi connectivity index (χ1n) is 5.96. The summed E-state index contributed by atoms with van der Waals surface area (Å²) >= 11 is 0. The Hall–Kier alpha value is -0.780. The van der Waals surface area contributed by atoms with Crippen LogP contribution in [-0.2, 0) is 4.79 Å². The molecule has 0 aromatic carbocycles. The lowest BCUT2D eigenvalue weighted by Crippen LogP contribution is -2.45. The smallest absolute Gasteiger partial charge is 0.346 e. The van der Waals surface area contributed by atoms with Crippen LogP contribution < -0.4 is 10.6 Å². The van der Waals surface area contributed by atoms with Gasteiger partial charge in [0, 0.05) is 0 Å². The number of alkyl halides is 3. The molecular weight excluding hydrogens is 233 g/mol. The van der Waals surface area contributed by atoms with Crippen molar-refractivity contribution in [3.8, 4) is 0 Å². The molecule has 17 heavy (non-hydrogen) atoms. The first-order chi connectivity index (χ1) is 7.88. The van der Waals surface area contributed by atoms with Crippen LogP contribution in [0.5, 0.6) is 0 Å². The minimum Gasteiger partial charge on any atom is -0.346 e. The average molecular weight is 252 g/mol. The van der Waals surface area contributed by atoms with Gasteiger partial charge in [0.1, 0.15) is 6.54 Å². The molecule has 1 atom stereocenters. The van der Waals surface area contributed by atoms with Crippen molar-refractivity contribution in [3.05, 3.63) is 0 Å². The maximum absolute atomic E-state index is 11.9. The molecule has 1 fully saturated rings. The van der Waals surface area contributed by atoms with E-state index in [0.717, 1.165) is 12.3 Å². The number of carbonyl (C=O) groups is 1.